The summed E-state index contributed by atoms with van der Waals surface area (Å²) >= 11 is 0. The van der Waals surface area contributed by atoms with E-state index < -0.39 is 6.10 Å². The molecule has 106 valence electrons. The van der Waals surface area contributed by atoms with Gasteiger partial charge in [-0.2, -0.15) is 0 Å². The number of para-hydroxylation sites is 1. The number of aliphatic hydroxyl groups is 1. The molecular weight excluding hydrogens is 254 g/mol. The number of ether oxygens (including phenoxy) is 2. The van der Waals surface area contributed by atoms with Crippen LogP contribution in [0.2, 0.25) is 0 Å². The lowest BCUT2D eigenvalue weighted by atomic mass is 10.1. The maximum absolute atomic E-state index is 10.3. The number of hydrogen-bond acceptors (Lipinski definition) is 4. The SMILES string of the molecule is COc1ccc(OC)c(C(O)CNc2ccccc2)c1. The van der Waals surface area contributed by atoms with Crippen LogP contribution in [0.15, 0.2) is 48.5 Å². The minimum Gasteiger partial charge on any atom is -0.497 e. The standard InChI is InChI=1S/C16H19NO3/c1-19-13-8-9-16(20-2)14(10-13)15(18)11-17-12-6-4-3-5-7-12/h3-10,15,17-18H,11H2,1-2H3. The topological polar surface area (TPSA) is 50.7 Å². The summed E-state index contributed by atoms with van der Waals surface area (Å²) in [5.74, 6) is 1.34. The van der Waals surface area contributed by atoms with Gasteiger partial charge >= 0.3 is 0 Å². The highest BCUT2D eigenvalue weighted by molar-refractivity contribution is 5.45. The molecule has 20 heavy (non-hydrogen) atoms. The lowest BCUT2D eigenvalue weighted by Gasteiger charge is -2.17. The van der Waals surface area contributed by atoms with E-state index in [-0.39, 0.29) is 0 Å². The first-order valence-electron chi connectivity index (χ1n) is 6.43. The zero-order chi connectivity index (χ0) is 14.4. The minimum absolute atomic E-state index is 0.396. The molecule has 0 aliphatic carbocycles. The molecule has 2 N–H and O–H groups in total. The lowest BCUT2D eigenvalue weighted by molar-refractivity contribution is 0.186. The third-order valence-corrected chi connectivity index (χ3v) is 3.07. The second-order valence-corrected chi connectivity index (χ2v) is 4.37. The normalized spacial score (nSPS) is 11.8. The Balaban J connectivity index is 2.09. The Morgan fingerprint density at radius 2 is 1.80 bits per heavy atom. The van der Waals surface area contributed by atoms with E-state index in [4.69, 9.17) is 9.47 Å². The number of aliphatic hydroxyl groups excluding tert-OH is 1. The van der Waals surface area contributed by atoms with Crippen molar-refractivity contribution in [1.29, 1.82) is 0 Å². The van der Waals surface area contributed by atoms with Crippen LogP contribution in [0, 0.1) is 0 Å². The molecule has 0 bridgehead atoms. The van der Waals surface area contributed by atoms with Crippen molar-refractivity contribution in [2.24, 2.45) is 0 Å². The molecule has 2 rings (SSSR count). The zero-order valence-corrected chi connectivity index (χ0v) is 11.7. The quantitative estimate of drug-likeness (QED) is 0.849. The second kappa shape index (κ2) is 6.82. The number of benzene rings is 2. The van der Waals surface area contributed by atoms with Gasteiger partial charge in [-0.3, -0.25) is 0 Å². The molecule has 0 aliphatic rings. The summed E-state index contributed by atoms with van der Waals surface area (Å²) in [6.07, 6.45) is -0.680. The van der Waals surface area contributed by atoms with Gasteiger partial charge < -0.3 is 19.9 Å². The molecule has 0 heterocycles. The van der Waals surface area contributed by atoms with Crippen LogP contribution < -0.4 is 14.8 Å². The van der Waals surface area contributed by atoms with Gasteiger partial charge in [-0.15, -0.1) is 0 Å². The highest BCUT2D eigenvalue weighted by atomic mass is 16.5. The molecule has 0 saturated carbocycles. The molecule has 1 unspecified atom stereocenters. The predicted molar refractivity (Wildman–Crippen MR) is 79.4 cm³/mol. The Morgan fingerprint density at radius 3 is 2.45 bits per heavy atom. The minimum atomic E-state index is -0.680. The van der Waals surface area contributed by atoms with Crippen LogP contribution in [0.25, 0.3) is 0 Å². The summed E-state index contributed by atoms with van der Waals surface area (Å²) in [5, 5.41) is 13.5. The van der Waals surface area contributed by atoms with E-state index >= 15 is 0 Å². The molecule has 0 fully saturated rings. The Hall–Kier alpha value is -2.20. The van der Waals surface area contributed by atoms with E-state index in [0.29, 0.717) is 23.6 Å². The fourth-order valence-corrected chi connectivity index (χ4v) is 1.98. The molecule has 4 heteroatoms. The first kappa shape index (κ1) is 14.2. The second-order valence-electron chi connectivity index (χ2n) is 4.37. The zero-order valence-electron chi connectivity index (χ0n) is 11.7. The van der Waals surface area contributed by atoms with E-state index in [9.17, 15) is 5.11 Å². The van der Waals surface area contributed by atoms with Crippen molar-refractivity contribution in [3.8, 4) is 11.5 Å². The highest BCUT2D eigenvalue weighted by Crippen LogP contribution is 2.29. The number of methoxy groups -OCH3 is 2. The summed E-state index contributed by atoms with van der Waals surface area (Å²) in [6.45, 7) is 0.396. The van der Waals surface area contributed by atoms with Crippen LogP contribution in [0.4, 0.5) is 5.69 Å². The number of nitrogens with one attached hydrogen (secondary N) is 1. The smallest absolute Gasteiger partial charge is 0.124 e. The van der Waals surface area contributed by atoms with Crippen molar-refractivity contribution >= 4 is 5.69 Å². The lowest BCUT2D eigenvalue weighted by Crippen LogP contribution is -2.13. The van der Waals surface area contributed by atoms with Gasteiger partial charge in [0.05, 0.1) is 20.3 Å². The summed E-state index contributed by atoms with van der Waals surface area (Å²) < 4.78 is 10.5. The molecule has 2 aromatic carbocycles. The summed E-state index contributed by atoms with van der Waals surface area (Å²) in [6, 6.07) is 15.1. The molecule has 0 amide bonds. The van der Waals surface area contributed by atoms with Crippen molar-refractivity contribution in [2.75, 3.05) is 26.1 Å². The van der Waals surface area contributed by atoms with Crippen LogP contribution >= 0.6 is 0 Å². The van der Waals surface area contributed by atoms with E-state index in [1.807, 2.05) is 30.3 Å². The Morgan fingerprint density at radius 1 is 1.05 bits per heavy atom. The molecule has 0 aromatic heterocycles. The maximum atomic E-state index is 10.3. The summed E-state index contributed by atoms with van der Waals surface area (Å²) in [4.78, 5) is 0. The number of rotatable bonds is 6. The molecule has 0 saturated heterocycles. The Bertz CT molecular complexity index is 543. The molecule has 0 aliphatic heterocycles. The van der Waals surface area contributed by atoms with Crippen molar-refractivity contribution in [3.63, 3.8) is 0 Å². The molecule has 2 aromatic rings. The van der Waals surface area contributed by atoms with E-state index in [2.05, 4.69) is 5.32 Å². The van der Waals surface area contributed by atoms with Crippen molar-refractivity contribution < 1.29 is 14.6 Å². The van der Waals surface area contributed by atoms with E-state index in [0.717, 1.165) is 5.69 Å². The maximum Gasteiger partial charge on any atom is 0.124 e. The van der Waals surface area contributed by atoms with Crippen molar-refractivity contribution in [1.82, 2.24) is 0 Å². The van der Waals surface area contributed by atoms with Crippen LogP contribution in [-0.4, -0.2) is 25.9 Å². The van der Waals surface area contributed by atoms with Gasteiger partial charge in [0.2, 0.25) is 0 Å². The van der Waals surface area contributed by atoms with Crippen molar-refractivity contribution in [3.05, 3.63) is 54.1 Å². The van der Waals surface area contributed by atoms with Gasteiger partial charge in [0.1, 0.15) is 11.5 Å². The van der Waals surface area contributed by atoms with Crippen LogP contribution in [-0.2, 0) is 0 Å². The van der Waals surface area contributed by atoms with Gasteiger partial charge in [-0.1, -0.05) is 18.2 Å². The van der Waals surface area contributed by atoms with Gasteiger partial charge in [0.25, 0.3) is 0 Å². The van der Waals surface area contributed by atoms with E-state index in [1.54, 1.807) is 32.4 Å². The average Bonchev–Trinajstić information content (AvgIpc) is 2.52. The van der Waals surface area contributed by atoms with Gasteiger partial charge in [-0.25, -0.2) is 0 Å². The summed E-state index contributed by atoms with van der Waals surface area (Å²) in [7, 11) is 3.18. The summed E-state index contributed by atoms with van der Waals surface area (Å²) in [5.41, 5.74) is 1.67. The van der Waals surface area contributed by atoms with Crippen LogP contribution in [0.3, 0.4) is 0 Å². The van der Waals surface area contributed by atoms with Gasteiger partial charge in [0, 0.05) is 17.8 Å². The largest absolute Gasteiger partial charge is 0.497 e. The molecule has 4 nitrogen and oxygen atoms in total. The predicted octanol–water partition coefficient (Wildman–Crippen LogP) is 2.85. The Kier molecular flexibility index (Phi) is 4.85. The molecule has 0 spiro atoms. The third kappa shape index (κ3) is 3.42. The Labute approximate surface area is 119 Å². The fraction of sp³-hybridized carbons (Fsp3) is 0.250. The van der Waals surface area contributed by atoms with Crippen LogP contribution in [0.1, 0.15) is 11.7 Å². The van der Waals surface area contributed by atoms with E-state index in [1.165, 1.54) is 0 Å². The molecular formula is C16H19NO3. The number of hydrogen-bond donors (Lipinski definition) is 2. The first-order chi connectivity index (χ1) is 9.74. The molecule has 1 atom stereocenters. The van der Waals surface area contributed by atoms with Crippen molar-refractivity contribution in [2.45, 2.75) is 6.10 Å². The fourth-order valence-electron chi connectivity index (χ4n) is 1.98. The highest BCUT2D eigenvalue weighted by Gasteiger charge is 2.14. The van der Waals surface area contributed by atoms with Gasteiger partial charge in [-0.05, 0) is 30.3 Å². The first-order valence-corrected chi connectivity index (χ1v) is 6.43. The average molecular weight is 273 g/mol. The van der Waals surface area contributed by atoms with Crippen LogP contribution in [0.5, 0.6) is 11.5 Å². The third-order valence-electron chi connectivity index (χ3n) is 3.07. The number of anilines is 1. The monoisotopic (exact) mass is 273 g/mol. The molecule has 0 radical (unpaired) electrons. The van der Waals surface area contributed by atoms with Gasteiger partial charge in [0.15, 0.2) is 0 Å².